The molecule has 0 unspecified atom stereocenters. The molecule has 2 aromatic carbocycles. The summed E-state index contributed by atoms with van der Waals surface area (Å²) in [5.41, 5.74) is 2.15. The average molecular weight is 284 g/mol. The molecule has 0 atom stereocenters. The molecule has 0 aliphatic carbocycles. The Morgan fingerprint density at radius 1 is 1.10 bits per heavy atom. The molecule has 4 heteroatoms. The van der Waals surface area contributed by atoms with E-state index in [-0.39, 0.29) is 5.91 Å². The minimum absolute atomic E-state index is 0.0123. The van der Waals surface area contributed by atoms with Crippen LogP contribution < -0.4 is 15.0 Å². The fourth-order valence-electron chi connectivity index (χ4n) is 2.09. The maximum atomic E-state index is 11.7. The standard InChI is InChI=1S/C17H20N2O2/c1-18-17(20)13-19(12-14-6-4-3-5-7-14)15-8-10-16(21-2)11-9-15/h3-11H,12-13H2,1-2H3,(H,18,20). The van der Waals surface area contributed by atoms with E-state index in [0.29, 0.717) is 13.1 Å². The molecule has 21 heavy (non-hydrogen) atoms. The van der Waals surface area contributed by atoms with E-state index in [2.05, 4.69) is 17.4 Å². The van der Waals surface area contributed by atoms with Gasteiger partial charge in [-0.05, 0) is 29.8 Å². The van der Waals surface area contributed by atoms with Crippen LogP contribution in [0.1, 0.15) is 5.56 Å². The molecule has 0 saturated carbocycles. The van der Waals surface area contributed by atoms with Crippen LogP contribution in [0.15, 0.2) is 54.6 Å². The van der Waals surface area contributed by atoms with Gasteiger partial charge in [0, 0.05) is 19.3 Å². The first-order valence-corrected chi connectivity index (χ1v) is 6.86. The Bertz CT molecular complexity index is 567. The number of nitrogens with one attached hydrogen (secondary N) is 1. The molecule has 1 N–H and O–H groups in total. The van der Waals surface area contributed by atoms with Gasteiger partial charge in [0.05, 0.1) is 13.7 Å². The molecular weight excluding hydrogens is 264 g/mol. The molecule has 0 aliphatic heterocycles. The van der Waals surface area contributed by atoms with Crippen molar-refractivity contribution in [2.45, 2.75) is 6.54 Å². The zero-order valence-electron chi connectivity index (χ0n) is 12.4. The first-order valence-electron chi connectivity index (χ1n) is 6.86. The molecule has 0 saturated heterocycles. The normalized spacial score (nSPS) is 10.0. The Kier molecular flexibility index (Phi) is 5.21. The van der Waals surface area contributed by atoms with Crippen molar-refractivity contribution < 1.29 is 9.53 Å². The van der Waals surface area contributed by atoms with Crippen molar-refractivity contribution >= 4 is 11.6 Å². The summed E-state index contributed by atoms with van der Waals surface area (Å²) in [6.45, 7) is 0.998. The maximum Gasteiger partial charge on any atom is 0.239 e. The van der Waals surface area contributed by atoms with Crippen molar-refractivity contribution in [3.05, 3.63) is 60.2 Å². The van der Waals surface area contributed by atoms with Crippen LogP contribution in [-0.4, -0.2) is 26.6 Å². The van der Waals surface area contributed by atoms with Gasteiger partial charge in [0.15, 0.2) is 0 Å². The fourth-order valence-corrected chi connectivity index (χ4v) is 2.09. The lowest BCUT2D eigenvalue weighted by Crippen LogP contribution is -2.35. The van der Waals surface area contributed by atoms with Crippen LogP contribution in [0.3, 0.4) is 0 Å². The summed E-state index contributed by atoms with van der Waals surface area (Å²) in [6.07, 6.45) is 0. The molecule has 0 bridgehead atoms. The number of carbonyl (C=O) groups is 1. The Hall–Kier alpha value is -2.49. The highest BCUT2D eigenvalue weighted by Crippen LogP contribution is 2.21. The molecule has 2 aromatic rings. The number of likely N-dealkylation sites (N-methyl/N-ethyl adjacent to an activating group) is 1. The number of ether oxygens (including phenoxy) is 1. The molecule has 0 heterocycles. The van der Waals surface area contributed by atoms with E-state index in [1.54, 1.807) is 14.2 Å². The fraction of sp³-hybridized carbons (Fsp3) is 0.235. The van der Waals surface area contributed by atoms with Crippen molar-refractivity contribution in [2.75, 3.05) is 25.6 Å². The molecule has 110 valence electrons. The van der Waals surface area contributed by atoms with E-state index in [1.165, 1.54) is 0 Å². The van der Waals surface area contributed by atoms with Crippen LogP contribution in [-0.2, 0) is 11.3 Å². The molecule has 1 amide bonds. The Balaban J connectivity index is 2.19. The van der Waals surface area contributed by atoms with Crippen molar-refractivity contribution in [1.29, 1.82) is 0 Å². The van der Waals surface area contributed by atoms with E-state index in [9.17, 15) is 4.79 Å². The molecule has 0 radical (unpaired) electrons. The third-order valence-electron chi connectivity index (χ3n) is 3.27. The van der Waals surface area contributed by atoms with Gasteiger partial charge in [0.2, 0.25) is 5.91 Å². The Labute approximate surface area is 125 Å². The van der Waals surface area contributed by atoms with Gasteiger partial charge in [0.25, 0.3) is 0 Å². The number of carbonyl (C=O) groups excluding carboxylic acids is 1. The van der Waals surface area contributed by atoms with Gasteiger partial charge in [0.1, 0.15) is 5.75 Å². The van der Waals surface area contributed by atoms with Gasteiger partial charge >= 0.3 is 0 Å². The van der Waals surface area contributed by atoms with Gasteiger partial charge in [-0.3, -0.25) is 4.79 Å². The number of hydrogen-bond acceptors (Lipinski definition) is 3. The van der Waals surface area contributed by atoms with E-state index >= 15 is 0 Å². The number of amides is 1. The van der Waals surface area contributed by atoms with E-state index in [4.69, 9.17) is 4.74 Å². The second-order valence-electron chi connectivity index (χ2n) is 4.71. The van der Waals surface area contributed by atoms with Gasteiger partial charge in [-0.15, -0.1) is 0 Å². The summed E-state index contributed by atoms with van der Waals surface area (Å²) in [6, 6.07) is 17.8. The van der Waals surface area contributed by atoms with E-state index in [1.807, 2.05) is 47.4 Å². The Morgan fingerprint density at radius 3 is 2.33 bits per heavy atom. The predicted molar refractivity (Wildman–Crippen MR) is 84.6 cm³/mol. The van der Waals surface area contributed by atoms with E-state index in [0.717, 1.165) is 17.0 Å². The van der Waals surface area contributed by atoms with Crippen LogP contribution in [0, 0.1) is 0 Å². The quantitative estimate of drug-likeness (QED) is 0.886. The third-order valence-corrected chi connectivity index (χ3v) is 3.27. The summed E-state index contributed by atoms with van der Waals surface area (Å²) >= 11 is 0. The smallest absolute Gasteiger partial charge is 0.239 e. The maximum absolute atomic E-state index is 11.7. The minimum Gasteiger partial charge on any atom is -0.497 e. The highest BCUT2D eigenvalue weighted by molar-refractivity contribution is 5.81. The van der Waals surface area contributed by atoms with Gasteiger partial charge < -0.3 is 15.0 Å². The Morgan fingerprint density at radius 2 is 1.76 bits per heavy atom. The number of benzene rings is 2. The monoisotopic (exact) mass is 284 g/mol. The summed E-state index contributed by atoms with van der Waals surface area (Å²) in [4.78, 5) is 13.8. The molecule has 0 aromatic heterocycles. The highest BCUT2D eigenvalue weighted by Gasteiger charge is 2.11. The lowest BCUT2D eigenvalue weighted by molar-refractivity contribution is -0.119. The number of nitrogens with zero attached hydrogens (tertiary/aromatic N) is 1. The van der Waals surface area contributed by atoms with Crippen molar-refractivity contribution in [3.63, 3.8) is 0 Å². The van der Waals surface area contributed by atoms with Gasteiger partial charge in [-0.1, -0.05) is 30.3 Å². The van der Waals surface area contributed by atoms with Crippen molar-refractivity contribution in [1.82, 2.24) is 5.32 Å². The topological polar surface area (TPSA) is 41.6 Å². The highest BCUT2D eigenvalue weighted by atomic mass is 16.5. The number of methoxy groups -OCH3 is 1. The van der Waals surface area contributed by atoms with Crippen LogP contribution in [0.4, 0.5) is 5.69 Å². The first-order chi connectivity index (χ1) is 10.2. The van der Waals surface area contributed by atoms with Gasteiger partial charge in [-0.25, -0.2) is 0 Å². The summed E-state index contributed by atoms with van der Waals surface area (Å²) in [5, 5.41) is 2.67. The molecule has 0 fully saturated rings. The van der Waals surface area contributed by atoms with Gasteiger partial charge in [-0.2, -0.15) is 0 Å². The summed E-state index contributed by atoms with van der Waals surface area (Å²) in [7, 11) is 3.29. The van der Waals surface area contributed by atoms with Crippen molar-refractivity contribution in [3.8, 4) is 5.75 Å². The largest absolute Gasteiger partial charge is 0.497 e. The number of rotatable bonds is 6. The second-order valence-corrected chi connectivity index (χ2v) is 4.71. The zero-order chi connectivity index (χ0) is 15.1. The SMILES string of the molecule is CNC(=O)CN(Cc1ccccc1)c1ccc(OC)cc1. The van der Waals surface area contributed by atoms with Crippen LogP contribution >= 0.6 is 0 Å². The first kappa shape index (κ1) is 14.9. The lowest BCUT2D eigenvalue weighted by atomic mass is 10.2. The molecular formula is C17H20N2O2. The van der Waals surface area contributed by atoms with Crippen LogP contribution in [0.2, 0.25) is 0 Å². The predicted octanol–water partition coefficient (Wildman–Crippen LogP) is 2.45. The molecule has 2 rings (SSSR count). The zero-order valence-corrected chi connectivity index (χ0v) is 12.4. The number of hydrogen-bond donors (Lipinski definition) is 1. The second kappa shape index (κ2) is 7.33. The molecule has 0 aliphatic rings. The summed E-state index contributed by atoms with van der Waals surface area (Å²) < 4.78 is 5.17. The molecule has 4 nitrogen and oxygen atoms in total. The summed E-state index contributed by atoms with van der Waals surface area (Å²) in [5.74, 6) is 0.792. The van der Waals surface area contributed by atoms with E-state index < -0.39 is 0 Å². The van der Waals surface area contributed by atoms with Crippen LogP contribution in [0.5, 0.6) is 5.75 Å². The lowest BCUT2D eigenvalue weighted by Gasteiger charge is -2.24. The molecule has 0 spiro atoms. The van der Waals surface area contributed by atoms with Crippen LogP contribution in [0.25, 0.3) is 0 Å². The van der Waals surface area contributed by atoms with Crippen molar-refractivity contribution in [2.24, 2.45) is 0 Å². The average Bonchev–Trinajstić information content (AvgIpc) is 2.55. The number of anilines is 1. The minimum atomic E-state index is -0.0123. The third kappa shape index (κ3) is 4.24.